The number of thioether (sulfide) groups is 1. The van der Waals surface area contributed by atoms with Crippen molar-refractivity contribution in [2.75, 3.05) is 0 Å². The smallest absolute Gasteiger partial charge is 0.233 e. The summed E-state index contributed by atoms with van der Waals surface area (Å²) in [6, 6.07) is 4.01. The van der Waals surface area contributed by atoms with Gasteiger partial charge in [0, 0.05) is 5.54 Å². The number of aromatic amines is 1. The first-order valence-corrected chi connectivity index (χ1v) is 11.3. The van der Waals surface area contributed by atoms with Crippen LogP contribution in [0.5, 0.6) is 0 Å². The summed E-state index contributed by atoms with van der Waals surface area (Å²) in [5.74, 6) is 3.43. The van der Waals surface area contributed by atoms with Crippen LogP contribution in [0.2, 0.25) is 0 Å². The van der Waals surface area contributed by atoms with Crippen molar-refractivity contribution in [3.63, 3.8) is 0 Å². The molecule has 2 N–H and O–H groups in total. The largest absolute Gasteiger partial charge is 0.350 e. The SMILES string of the molecule is C[C@@H](Sc1n[nH]c(-c2cccs2)n1)C(=O)NC12CC3CC(CC(C3)C1)C2. The Balaban J connectivity index is 1.23. The zero-order valence-corrected chi connectivity index (χ0v) is 16.5. The van der Waals surface area contributed by atoms with Crippen molar-refractivity contribution < 1.29 is 4.79 Å². The quantitative estimate of drug-likeness (QED) is 0.757. The van der Waals surface area contributed by atoms with Crippen molar-refractivity contribution in [3.8, 4) is 10.7 Å². The van der Waals surface area contributed by atoms with Gasteiger partial charge in [0.25, 0.3) is 0 Å². The van der Waals surface area contributed by atoms with Gasteiger partial charge in [0.1, 0.15) is 0 Å². The molecule has 0 unspecified atom stereocenters. The predicted molar refractivity (Wildman–Crippen MR) is 104 cm³/mol. The lowest BCUT2D eigenvalue weighted by atomic mass is 9.53. The van der Waals surface area contributed by atoms with Gasteiger partial charge in [0.2, 0.25) is 11.1 Å². The molecule has 2 aromatic heterocycles. The summed E-state index contributed by atoms with van der Waals surface area (Å²) in [7, 11) is 0. The maximum atomic E-state index is 12.9. The first kappa shape index (κ1) is 16.8. The molecule has 1 atom stereocenters. The molecule has 0 radical (unpaired) electrons. The van der Waals surface area contributed by atoms with Crippen LogP contribution in [0.25, 0.3) is 10.7 Å². The number of hydrogen-bond donors (Lipinski definition) is 2. The van der Waals surface area contributed by atoms with E-state index in [0.717, 1.165) is 28.5 Å². The number of rotatable bonds is 5. The van der Waals surface area contributed by atoms with Crippen molar-refractivity contribution in [2.45, 2.75) is 61.4 Å². The predicted octanol–water partition coefficient (Wildman–Crippen LogP) is 4.10. The van der Waals surface area contributed by atoms with Gasteiger partial charge in [-0.1, -0.05) is 17.8 Å². The van der Waals surface area contributed by atoms with E-state index in [-0.39, 0.29) is 16.7 Å². The fourth-order valence-electron chi connectivity index (χ4n) is 5.66. The number of nitrogens with zero attached hydrogens (tertiary/aromatic N) is 2. The van der Waals surface area contributed by atoms with Crippen LogP contribution in [0.15, 0.2) is 22.7 Å². The van der Waals surface area contributed by atoms with Gasteiger partial charge in [0.05, 0.1) is 10.1 Å². The first-order chi connectivity index (χ1) is 12.6. The molecule has 1 amide bonds. The van der Waals surface area contributed by atoms with Crippen LogP contribution in [0.4, 0.5) is 0 Å². The molecule has 6 rings (SSSR count). The fraction of sp³-hybridized carbons (Fsp3) is 0.632. The lowest BCUT2D eigenvalue weighted by molar-refractivity contribution is -0.126. The van der Waals surface area contributed by atoms with Crippen LogP contribution >= 0.6 is 23.1 Å². The third kappa shape index (κ3) is 3.09. The number of carbonyl (C=O) groups excluding carboxylic acids is 1. The minimum atomic E-state index is -0.185. The Bertz CT molecular complexity index is 765. The van der Waals surface area contributed by atoms with Crippen LogP contribution in [-0.2, 0) is 4.79 Å². The van der Waals surface area contributed by atoms with Crippen LogP contribution in [0.1, 0.15) is 45.4 Å². The Labute approximate surface area is 161 Å². The molecule has 7 heteroatoms. The average molecular weight is 389 g/mol. The minimum Gasteiger partial charge on any atom is -0.350 e. The number of hydrogen-bond acceptors (Lipinski definition) is 5. The van der Waals surface area contributed by atoms with Gasteiger partial charge in [0.15, 0.2) is 5.82 Å². The van der Waals surface area contributed by atoms with Crippen molar-refractivity contribution >= 4 is 29.0 Å². The van der Waals surface area contributed by atoms with Gasteiger partial charge >= 0.3 is 0 Å². The van der Waals surface area contributed by atoms with Crippen LogP contribution in [0, 0.1) is 17.8 Å². The Morgan fingerprint density at radius 3 is 2.62 bits per heavy atom. The van der Waals surface area contributed by atoms with E-state index in [9.17, 15) is 4.79 Å². The molecule has 4 aliphatic rings. The maximum Gasteiger partial charge on any atom is 0.233 e. The van der Waals surface area contributed by atoms with Crippen molar-refractivity contribution in [1.82, 2.24) is 20.5 Å². The van der Waals surface area contributed by atoms with Gasteiger partial charge in [-0.25, -0.2) is 4.98 Å². The lowest BCUT2D eigenvalue weighted by Gasteiger charge is -2.57. The van der Waals surface area contributed by atoms with Gasteiger partial charge in [-0.2, -0.15) is 0 Å². The molecule has 26 heavy (non-hydrogen) atoms. The van der Waals surface area contributed by atoms with Gasteiger partial charge < -0.3 is 5.32 Å². The lowest BCUT2D eigenvalue weighted by Crippen LogP contribution is -2.60. The summed E-state index contributed by atoms with van der Waals surface area (Å²) < 4.78 is 0. The highest BCUT2D eigenvalue weighted by Crippen LogP contribution is 2.55. The second kappa shape index (κ2) is 6.37. The summed E-state index contributed by atoms with van der Waals surface area (Å²) in [5.41, 5.74) is 0.0712. The number of nitrogens with one attached hydrogen (secondary N) is 2. The summed E-state index contributed by atoms with van der Waals surface area (Å²) in [6.07, 6.45) is 7.73. The third-order valence-corrected chi connectivity index (χ3v) is 8.14. The number of carbonyl (C=O) groups is 1. The molecule has 0 aromatic carbocycles. The van der Waals surface area contributed by atoms with Gasteiger partial charge in [-0.15, -0.1) is 16.4 Å². The highest BCUT2D eigenvalue weighted by molar-refractivity contribution is 8.00. The first-order valence-electron chi connectivity index (χ1n) is 9.53. The van der Waals surface area contributed by atoms with Crippen molar-refractivity contribution in [1.29, 1.82) is 0 Å². The maximum absolute atomic E-state index is 12.9. The molecule has 0 saturated heterocycles. The minimum absolute atomic E-state index is 0.0712. The molecule has 4 bridgehead atoms. The van der Waals surface area contributed by atoms with Crippen molar-refractivity contribution in [2.24, 2.45) is 17.8 Å². The van der Waals surface area contributed by atoms with Crippen LogP contribution < -0.4 is 5.32 Å². The van der Waals surface area contributed by atoms with E-state index in [1.165, 1.54) is 50.3 Å². The molecule has 4 saturated carbocycles. The normalized spacial score (nSPS) is 33.3. The second-order valence-electron chi connectivity index (χ2n) is 8.39. The van der Waals surface area contributed by atoms with Crippen LogP contribution in [-0.4, -0.2) is 31.9 Å². The molecular weight excluding hydrogens is 364 g/mol. The molecular formula is C19H24N4OS2. The van der Waals surface area contributed by atoms with E-state index in [0.29, 0.717) is 5.16 Å². The number of aromatic nitrogens is 3. The molecule has 4 fully saturated rings. The van der Waals surface area contributed by atoms with E-state index >= 15 is 0 Å². The zero-order valence-electron chi connectivity index (χ0n) is 14.9. The third-order valence-electron chi connectivity index (χ3n) is 6.30. The van der Waals surface area contributed by atoms with E-state index in [1.807, 2.05) is 24.4 Å². The molecule has 2 aromatic rings. The summed E-state index contributed by atoms with van der Waals surface area (Å²) >= 11 is 3.07. The van der Waals surface area contributed by atoms with E-state index in [4.69, 9.17) is 0 Å². The highest BCUT2D eigenvalue weighted by Gasteiger charge is 2.51. The molecule has 0 aliphatic heterocycles. The zero-order chi connectivity index (χ0) is 17.7. The van der Waals surface area contributed by atoms with Crippen LogP contribution in [0.3, 0.4) is 0 Å². The molecule has 4 aliphatic carbocycles. The Morgan fingerprint density at radius 1 is 1.31 bits per heavy atom. The Kier molecular flexibility index (Phi) is 4.12. The van der Waals surface area contributed by atoms with E-state index < -0.39 is 0 Å². The number of H-pyrrole nitrogens is 1. The topological polar surface area (TPSA) is 70.7 Å². The summed E-state index contributed by atoms with van der Waals surface area (Å²) in [6.45, 7) is 1.96. The molecule has 0 spiro atoms. The Morgan fingerprint density at radius 2 is 2.00 bits per heavy atom. The van der Waals surface area contributed by atoms with Gasteiger partial charge in [-0.05, 0) is 74.6 Å². The fourth-order valence-corrected chi connectivity index (χ4v) is 7.05. The highest BCUT2D eigenvalue weighted by atomic mass is 32.2. The van der Waals surface area contributed by atoms with E-state index in [2.05, 4.69) is 20.5 Å². The monoisotopic (exact) mass is 388 g/mol. The standard InChI is InChI=1S/C19H24N4OS2/c1-11(26-18-20-16(22-23-18)15-3-2-4-25-15)17(24)21-19-8-12-5-13(9-19)7-14(6-12)10-19/h2-4,11-14H,5-10H2,1H3,(H,21,24)(H,20,22,23)/t11-,12?,13?,14?,19?/m1/s1. The number of thiophene rings is 1. The van der Waals surface area contributed by atoms with Crippen molar-refractivity contribution in [3.05, 3.63) is 17.5 Å². The van der Waals surface area contributed by atoms with E-state index in [1.54, 1.807) is 11.3 Å². The summed E-state index contributed by atoms with van der Waals surface area (Å²) in [4.78, 5) is 18.5. The van der Waals surface area contributed by atoms with Gasteiger partial charge in [-0.3, -0.25) is 9.89 Å². The Hall–Kier alpha value is -1.34. The summed E-state index contributed by atoms with van der Waals surface area (Å²) in [5, 5.41) is 13.2. The average Bonchev–Trinajstić information content (AvgIpc) is 3.23. The molecule has 138 valence electrons. The molecule has 5 nitrogen and oxygen atoms in total. The number of amides is 1. The molecule has 2 heterocycles. The second-order valence-corrected chi connectivity index (χ2v) is 10.6.